The van der Waals surface area contributed by atoms with Gasteiger partial charge in [0.15, 0.2) is 5.65 Å². The van der Waals surface area contributed by atoms with Crippen molar-refractivity contribution in [2.24, 2.45) is 7.05 Å². The lowest BCUT2D eigenvalue weighted by Crippen LogP contribution is -2.30. The van der Waals surface area contributed by atoms with Crippen molar-refractivity contribution in [3.8, 4) is 11.3 Å². The van der Waals surface area contributed by atoms with Crippen molar-refractivity contribution in [1.29, 1.82) is 0 Å². The van der Waals surface area contributed by atoms with Crippen LogP contribution in [0.25, 0.3) is 22.3 Å². The fourth-order valence-corrected chi connectivity index (χ4v) is 4.16. The van der Waals surface area contributed by atoms with Gasteiger partial charge in [-0.1, -0.05) is 36.4 Å². The van der Waals surface area contributed by atoms with Crippen LogP contribution in [0.1, 0.15) is 27.2 Å². The number of hydrogen-bond donors (Lipinski definition) is 0. The van der Waals surface area contributed by atoms with Gasteiger partial charge in [-0.25, -0.2) is 4.98 Å². The van der Waals surface area contributed by atoms with Gasteiger partial charge >= 0.3 is 0 Å². The number of nitrogens with zero attached hydrogens (tertiary/aromatic N) is 6. The van der Waals surface area contributed by atoms with E-state index in [4.69, 9.17) is 4.98 Å². The molecule has 168 valence electrons. The minimum atomic E-state index is -0.0821. The van der Waals surface area contributed by atoms with Crippen LogP contribution < -0.4 is 0 Å². The molecule has 0 atom stereocenters. The van der Waals surface area contributed by atoms with E-state index in [1.165, 1.54) is 0 Å². The summed E-state index contributed by atoms with van der Waals surface area (Å²) >= 11 is 0. The Morgan fingerprint density at radius 2 is 1.68 bits per heavy atom. The minimum Gasteiger partial charge on any atom is -0.330 e. The third kappa shape index (κ3) is 4.28. The van der Waals surface area contributed by atoms with Crippen LogP contribution in [-0.2, 0) is 20.1 Å². The summed E-state index contributed by atoms with van der Waals surface area (Å²) in [6.45, 7) is 2.79. The van der Waals surface area contributed by atoms with Crippen LogP contribution in [0.2, 0.25) is 0 Å². The van der Waals surface area contributed by atoms with Crippen LogP contribution in [-0.4, -0.2) is 35.5 Å². The normalized spacial score (nSPS) is 11.0. The van der Waals surface area contributed by atoms with Crippen LogP contribution in [0.3, 0.4) is 0 Å². The smallest absolute Gasteiger partial charge is 0.255 e. The number of pyridine rings is 3. The number of carbonyl (C=O) groups excluding carboxylic acids is 1. The monoisotopic (exact) mass is 448 g/mol. The maximum absolute atomic E-state index is 14.1. The molecule has 0 aliphatic heterocycles. The van der Waals surface area contributed by atoms with Crippen LogP contribution in [0.15, 0.2) is 85.5 Å². The maximum Gasteiger partial charge on any atom is 0.255 e. The van der Waals surface area contributed by atoms with Crippen molar-refractivity contribution >= 4 is 16.9 Å². The van der Waals surface area contributed by atoms with Crippen LogP contribution in [0, 0.1) is 6.92 Å². The predicted octanol–water partition coefficient (Wildman–Crippen LogP) is 4.58. The quantitative estimate of drug-likeness (QED) is 0.380. The molecule has 0 aliphatic rings. The van der Waals surface area contributed by atoms with Gasteiger partial charge in [0, 0.05) is 50.5 Å². The Balaban J connectivity index is 1.63. The first kappa shape index (κ1) is 21.5. The third-order valence-corrected chi connectivity index (χ3v) is 5.77. The van der Waals surface area contributed by atoms with E-state index in [2.05, 4.69) is 15.1 Å². The van der Waals surface area contributed by atoms with E-state index < -0.39 is 0 Å². The number of benzene rings is 1. The zero-order chi connectivity index (χ0) is 23.5. The molecule has 1 amide bonds. The molecule has 1 aromatic carbocycles. The summed E-state index contributed by atoms with van der Waals surface area (Å²) in [4.78, 5) is 29.2. The zero-order valence-electron chi connectivity index (χ0n) is 19.1. The number of carbonyl (C=O) groups is 1. The van der Waals surface area contributed by atoms with E-state index >= 15 is 0 Å². The van der Waals surface area contributed by atoms with Gasteiger partial charge in [-0.05, 0) is 42.3 Å². The van der Waals surface area contributed by atoms with Gasteiger partial charge in [-0.3, -0.25) is 19.4 Å². The van der Waals surface area contributed by atoms with Crippen LogP contribution >= 0.6 is 0 Å². The van der Waals surface area contributed by atoms with Gasteiger partial charge in [0.25, 0.3) is 5.91 Å². The van der Waals surface area contributed by atoms with E-state index in [0.717, 1.165) is 33.5 Å². The highest BCUT2D eigenvalue weighted by molar-refractivity contribution is 6.07. The number of aryl methyl sites for hydroxylation is 2. The number of rotatable bonds is 6. The van der Waals surface area contributed by atoms with E-state index in [-0.39, 0.29) is 5.91 Å². The highest BCUT2D eigenvalue weighted by Gasteiger charge is 2.24. The number of hydrogen-bond acceptors (Lipinski definition) is 5. The molecule has 0 saturated carbocycles. The number of fused-ring (bicyclic) bond motifs is 1. The Labute approximate surface area is 197 Å². The lowest BCUT2D eigenvalue weighted by molar-refractivity contribution is 0.0731. The van der Waals surface area contributed by atoms with Gasteiger partial charge in [0.05, 0.1) is 22.3 Å². The lowest BCUT2D eigenvalue weighted by Gasteiger charge is -2.24. The summed E-state index contributed by atoms with van der Waals surface area (Å²) in [5.74, 6) is -0.0821. The van der Waals surface area contributed by atoms with E-state index in [0.29, 0.717) is 24.3 Å². The average Bonchev–Trinajstić information content (AvgIpc) is 3.17. The molecule has 0 fully saturated rings. The molecule has 5 aromatic rings. The molecule has 0 unspecified atom stereocenters. The first-order valence-electron chi connectivity index (χ1n) is 11.1. The summed E-state index contributed by atoms with van der Waals surface area (Å²) in [6.07, 6.45) is 7.01. The molecule has 5 rings (SSSR count). The van der Waals surface area contributed by atoms with Gasteiger partial charge in [-0.2, -0.15) is 5.10 Å². The molecule has 0 saturated heterocycles. The molecule has 0 N–H and O–H groups in total. The second kappa shape index (κ2) is 9.23. The molecule has 4 heterocycles. The second-order valence-corrected chi connectivity index (χ2v) is 8.21. The Hall–Kier alpha value is -4.39. The highest BCUT2D eigenvalue weighted by atomic mass is 16.2. The molecular formula is C27H24N6O. The summed E-state index contributed by atoms with van der Waals surface area (Å²) in [5, 5.41) is 5.34. The Morgan fingerprint density at radius 1 is 0.912 bits per heavy atom. The fourth-order valence-electron chi connectivity index (χ4n) is 4.16. The van der Waals surface area contributed by atoms with Gasteiger partial charge in [0.2, 0.25) is 0 Å². The molecule has 0 aliphatic carbocycles. The molecule has 7 heteroatoms. The van der Waals surface area contributed by atoms with Crippen molar-refractivity contribution in [3.63, 3.8) is 0 Å². The maximum atomic E-state index is 14.1. The molecule has 0 spiro atoms. The van der Waals surface area contributed by atoms with Crippen molar-refractivity contribution in [2.45, 2.75) is 20.0 Å². The first-order valence-corrected chi connectivity index (χ1v) is 11.1. The highest BCUT2D eigenvalue weighted by Crippen LogP contribution is 2.28. The SMILES string of the molecule is Cc1nn(C)c2nc(-c3ccccc3)cc(C(=O)N(Cc3ccncc3)Cc3cccnc3)c12. The number of aromatic nitrogens is 5. The van der Waals surface area contributed by atoms with Crippen molar-refractivity contribution in [1.82, 2.24) is 29.6 Å². The molecule has 0 bridgehead atoms. The Morgan fingerprint density at radius 3 is 2.41 bits per heavy atom. The number of amides is 1. The lowest BCUT2D eigenvalue weighted by atomic mass is 10.0. The largest absolute Gasteiger partial charge is 0.330 e. The fraction of sp³-hybridized carbons (Fsp3) is 0.148. The standard InChI is InChI=1S/C27H24N6O/c1-19-25-23(15-24(22-8-4-3-5-9-22)30-26(25)32(2)31-19)27(34)33(17-20-10-13-28-14-11-20)18-21-7-6-12-29-16-21/h3-16H,17-18H2,1-2H3. The third-order valence-electron chi connectivity index (χ3n) is 5.77. The first-order chi connectivity index (χ1) is 16.6. The summed E-state index contributed by atoms with van der Waals surface area (Å²) < 4.78 is 1.74. The minimum absolute atomic E-state index is 0.0821. The van der Waals surface area contributed by atoms with E-state index in [9.17, 15) is 4.79 Å². The van der Waals surface area contributed by atoms with Crippen molar-refractivity contribution in [3.05, 3.63) is 108 Å². The molecule has 4 aromatic heterocycles. The molecular weight excluding hydrogens is 424 g/mol. The summed E-state index contributed by atoms with van der Waals surface area (Å²) in [7, 11) is 1.86. The van der Waals surface area contributed by atoms with Gasteiger partial charge in [0.1, 0.15) is 0 Å². The Bertz CT molecular complexity index is 1390. The van der Waals surface area contributed by atoms with Crippen molar-refractivity contribution < 1.29 is 4.79 Å². The zero-order valence-corrected chi connectivity index (χ0v) is 19.1. The van der Waals surface area contributed by atoms with Crippen molar-refractivity contribution in [2.75, 3.05) is 0 Å². The van der Waals surface area contributed by atoms with Crippen LogP contribution in [0.5, 0.6) is 0 Å². The Kier molecular flexibility index (Phi) is 5.82. The molecule has 7 nitrogen and oxygen atoms in total. The van der Waals surface area contributed by atoms with E-state index in [1.807, 2.05) is 79.5 Å². The predicted molar refractivity (Wildman–Crippen MR) is 131 cm³/mol. The van der Waals surface area contributed by atoms with Gasteiger partial charge in [-0.15, -0.1) is 0 Å². The summed E-state index contributed by atoms with van der Waals surface area (Å²) in [5.41, 5.74) is 5.71. The van der Waals surface area contributed by atoms with Crippen LogP contribution in [0.4, 0.5) is 0 Å². The topological polar surface area (TPSA) is 76.8 Å². The average molecular weight is 449 g/mol. The second-order valence-electron chi connectivity index (χ2n) is 8.21. The molecule has 0 radical (unpaired) electrons. The summed E-state index contributed by atoms with van der Waals surface area (Å²) in [6, 6.07) is 19.5. The van der Waals surface area contributed by atoms with Gasteiger partial charge < -0.3 is 4.90 Å². The molecule has 34 heavy (non-hydrogen) atoms. The van der Waals surface area contributed by atoms with E-state index in [1.54, 1.807) is 29.5 Å².